The predicted molar refractivity (Wildman–Crippen MR) is 115 cm³/mol. The molecule has 2 aromatic carbocycles. The molecule has 2 N–H and O–H groups in total. The molecule has 170 valence electrons. The van der Waals surface area contributed by atoms with Crippen LogP contribution in [0.3, 0.4) is 0 Å². The minimum atomic E-state index is -3.68. The zero-order valence-electron chi connectivity index (χ0n) is 17.8. The van der Waals surface area contributed by atoms with Gasteiger partial charge in [-0.25, -0.2) is 13.1 Å². The van der Waals surface area contributed by atoms with Crippen molar-refractivity contribution in [1.82, 2.24) is 10.0 Å². The van der Waals surface area contributed by atoms with E-state index in [0.717, 1.165) is 5.56 Å². The van der Waals surface area contributed by atoms with E-state index in [0.29, 0.717) is 36.8 Å². The first-order chi connectivity index (χ1) is 14.9. The SMILES string of the molecule is COCCNC(=O)COc1ccc(S(=O)(=O)NCCc2ccc(OC)c(OC)c2)cc1. The van der Waals surface area contributed by atoms with Gasteiger partial charge in [0, 0.05) is 20.2 Å². The number of carbonyl (C=O) groups excluding carboxylic acids is 1. The summed E-state index contributed by atoms with van der Waals surface area (Å²) in [6.07, 6.45) is 0.485. The Morgan fingerprint density at radius 1 is 0.935 bits per heavy atom. The van der Waals surface area contributed by atoms with Crippen LogP contribution in [-0.2, 0) is 26.0 Å². The predicted octanol–water partition coefficient (Wildman–Crippen LogP) is 1.37. The largest absolute Gasteiger partial charge is 0.493 e. The maximum Gasteiger partial charge on any atom is 0.258 e. The Morgan fingerprint density at radius 2 is 1.65 bits per heavy atom. The molecular formula is C21H28N2O7S. The lowest BCUT2D eigenvalue weighted by Gasteiger charge is -2.11. The van der Waals surface area contributed by atoms with Crippen molar-refractivity contribution in [2.24, 2.45) is 0 Å². The van der Waals surface area contributed by atoms with Crippen molar-refractivity contribution in [3.05, 3.63) is 48.0 Å². The van der Waals surface area contributed by atoms with Gasteiger partial charge >= 0.3 is 0 Å². The molecule has 0 saturated carbocycles. The summed E-state index contributed by atoms with van der Waals surface area (Å²) in [6.45, 7) is 0.860. The smallest absolute Gasteiger partial charge is 0.258 e. The maximum absolute atomic E-state index is 12.5. The lowest BCUT2D eigenvalue weighted by Crippen LogP contribution is -2.31. The van der Waals surface area contributed by atoms with E-state index in [9.17, 15) is 13.2 Å². The zero-order valence-corrected chi connectivity index (χ0v) is 18.7. The fraction of sp³-hybridized carbons (Fsp3) is 0.381. The van der Waals surface area contributed by atoms with Gasteiger partial charge in [0.05, 0.1) is 25.7 Å². The van der Waals surface area contributed by atoms with Crippen LogP contribution in [0.25, 0.3) is 0 Å². The monoisotopic (exact) mass is 452 g/mol. The van der Waals surface area contributed by atoms with Crippen LogP contribution in [0.2, 0.25) is 0 Å². The number of methoxy groups -OCH3 is 3. The van der Waals surface area contributed by atoms with E-state index in [4.69, 9.17) is 18.9 Å². The Kier molecular flexibility index (Phi) is 9.57. The topological polar surface area (TPSA) is 112 Å². The number of rotatable bonds is 13. The van der Waals surface area contributed by atoms with E-state index < -0.39 is 10.0 Å². The molecule has 1 amide bonds. The number of nitrogens with one attached hydrogen (secondary N) is 2. The van der Waals surface area contributed by atoms with Gasteiger partial charge in [-0.1, -0.05) is 6.07 Å². The third-order valence-corrected chi connectivity index (χ3v) is 5.76. The van der Waals surface area contributed by atoms with Crippen LogP contribution in [0.5, 0.6) is 17.2 Å². The first-order valence-electron chi connectivity index (χ1n) is 9.58. The molecule has 0 aliphatic heterocycles. The Balaban J connectivity index is 1.86. The molecule has 2 rings (SSSR count). The average Bonchev–Trinajstić information content (AvgIpc) is 2.78. The third-order valence-electron chi connectivity index (χ3n) is 4.29. The minimum absolute atomic E-state index is 0.108. The first kappa shape index (κ1) is 24.4. The van der Waals surface area contributed by atoms with Gasteiger partial charge in [0.2, 0.25) is 10.0 Å². The van der Waals surface area contributed by atoms with Crippen molar-refractivity contribution in [2.45, 2.75) is 11.3 Å². The summed E-state index contributed by atoms with van der Waals surface area (Å²) in [4.78, 5) is 11.7. The standard InChI is InChI=1S/C21H28N2O7S/c1-27-13-12-22-21(24)15-30-17-5-7-18(8-6-17)31(25,26)23-11-10-16-4-9-19(28-2)20(14-16)29-3/h4-9,14,23H,10-13,15H2,1-3H3,(H,22,24). The highest BCUT2D eigenvalue weighted by Gasteiger charge is 2.14. The lowest BCUT2D eigenvalue weighted by molar-refractivity contribution is -0.123. The van der Waals surface area contributed by atoms with Gasteiger partial charge in [0.25, 0.3) is 5.91 Å². The molecule has 0 aromatic heterocycles. The maximum atomic E-state index is 12.5. The third kappa shape index (κ3) is 7.74. The summed E-state index contributed by atoms with van der Waals surface area (Å²) in [6, 6.07) is 11.3. The van der Waals surface area contributed by atoms with Gasteiger partial charge in [-0.05, 0) is 48.4 Å². The number of hydrogen-bond donors (Lipinski definition) is 2. The molecule has 0 heterocycles. The van der Waals surface area contributed by atoms with Crippen molar-refractivity contribution < 1.29 is 32.2 Å². The highest BCUT2D eigenvalue weighted by Crippen LogP contribution is 2.27. The molecule has 0 radical (unpaired) electrons. The van der Waals surface area contributed by atoms with E-state index in [1.54, 1.807) is 27.4 Å². The van der Waals surface area contributed by atoms with Crippen LogP contribution in [0.1, 0.15) is 5.56 Å². The summed E-state index contributed by atoms with van der Waals surface area (Å²) in [5.41, 5.74) is 0.910. The molecule has 0 bridgehead atoms. The van der Waals surface area contributed by atoms with E-state index in [1.165, 1.54) is 24.3 Å². The van der Waals surface area contributed by atoms with Crippen molar-refractivity contribution >= 4 is 15.9 Å². The Labute approximate surface area is 182 Å². The molecule has 0 atom stereocenters. The summed E-state index contributed by atoms with van der Waals surface area (Å²) in [7, 11) is 0.971. The molecule has 0 spiro atoms. The molecule has 0 aliphatic carbocycles. The van der Waals surface area contributed by atoms with Crippen LogP contribution in [-0.4, -0.2) is 62.0 Å². The highest BCUT2D eigenvalue weighted by atomic mass is 32.2. The fourth-order valence-electron chi connectivity index (χ4n) is 2.66. The Bertz CT molecular complexity index is 947. The Morgan fingerprint density at radius 3 is 2.29 bits per heavy atom. The summed E-state index contributed by atoms with van der Waals surface area (Å²) in [5, 5.41) is 2.63. The van der Waals surface area contributed by atoms with Crippen LogP contribution in [0, 0.1) is 0 Å². The summed E-state index contributed by atoms with van der Waals surface area (Å²) < 4.78 is 48.2. The van der Waals surface area contributed by atoms with Crippen LogP contribution < -0.4 is 24.2 Å². The second kappa shape index (κ2) is 12.1. The van der Waals surface area contributed by atoms with Crippen LogP contribution in [0.4, 0.5) is 0 Å². The highest BCUT2D eigenvalue weighted by molar-refractivity contribution is 7.89. The van der Waals surface area contributed by atoms with Crippen molar-refractivity contribution in [3.63, 3.8) is 0 Å². The molecule has 0 saturated heterocycles. The summed E-state index contributed by atoms with van der Waals surface area (Å²) >= 11 is 0. The van der Waals surface area contributed by atoms with Gasteiger partial charge in [-0.15, -0.1) is 0 Å². The quantitative estimate of drug-likeness (QED) is 0.442. The molecule has 0 fully saturated rings. The van der Waals surface area contributed by atoms with Crippen LogP contribution >= 0.6 is 0 Å². The molecule has 0 unspecified atom stereocenters. The number of ether oxygens (including phenoxy) is 4. The lowest BCUT2D eigenvalue weighted by atomic mass is 10.1. The second-order valence-electron chi connectivity index (χ2n) is 6.44. The number of amides is 1. The first-order valence-corrected chi connectivity index (χ1v) is 11.1. The van der Waals surface area contributed by atoms with Gasteiger partial charge in [-0.2, -0.15) is 0 Å². The average molecular weight is 453 g/mol. The number of hydrogen-bond acceptors (Lipinski definition) is 7. The van der Waals surface area contributed by atoms with Gasteiger partial charge in [0.1, 0.15) is 5.75 Å². The molecule has 9 nitrogen and oxygen atoms in total. The van der Waals surface area contributed by atoms with Crippen molar-refractivity contribution in [3.8, 4) is 17.2 Å². The number of benzene rings is 2. The van der Waals surface area contributed by atoms with Gasteiger partial charge in [0.15, 0.2) is 18.1 Å². The molecular weight excluding hydrogens is 424 g/mol. The van der Waals surface area contributed by atoms with Crippen molar-refractivity contribution in [1.29, 1.82) is 0 Å². The van der Waals surface area contributed by atoms with Crippen LogP contribution in [0.15, 0.2) is 47.4 Å². The Hall–Kier alpha value is -2.82. The molecule has 10 heteroatoms. The normalized spacial score (nSPS) is 11.1. The van der Waals surface area contributed by atoms with E-state index in [-0.39, 0.29) is 24.0 Å². The summed E-state index contributed by atoms with van der Waals surface area (Å²) in [5.74, 6) is 1.31. The molecule has 31 heavy (non-hydrogen) atoms. The van der Waals surface area contributed by atoms with Gasteiger partial charge in [-0.3, -0.25) is 4.79 Å². The molecule has 2 aromatic rings. The zero-order chi connectivity index (χ0) is 22.7. The number of sulfonamides is 1. The van der Waals surface area contributed by atoms with Crippen molar-refractivity contribution in [2.75, 3.05) is 47.6 Å². The van der Waals surface area contributed by atoms with E-state index in [2.05, 4.69) is 10.0 Å². The van der Waals surface area contributed by atoms with E-state index in [1.807, 2.05) is 12.1 Å². The van der Waals surface area contributed by atoms with Gasteiger partial charge < -0.3 is 24.3 Å². The van der Waals surface area contributed by atoms with E-state index >= 15 is 0 Å². The molecule has 0 aliphatic rings. The number of carbonyl (C=O) groups is 1. The minimum Gasteiger partial charge on any atom is -0.493 e. The second-order valence-corrected chi connectivity index (χ2v) is 8.21. The fourth-order valence-corrected chi connectivity index (χ4v) is 3.69.